The molecule has 0 spiro atoms. The van der Waals surface area contributed by atoms with Gasteiger partial charge in [-0.1, -0.05) is 30.3 Å². The normalized spacial score (nSPS) is 15.4. The fourth-order valence-corrected chi connectivity index (χ4v) is 4.88. The van der Waals surface area contributed by atoms with Gasteiger partial charge in [0.05, 0.1) is 4.90 Å². The van der Waals surface area contributed by atoms with E-state index in [-0.39, 0.29) is 17.3 Å². The van der Waals surface area contributed by atoms with Gasteiger partial charge in [-0.05, 0) is 42.7 Å². The quantitative estimate of drug-likeness (QED) is 0.593. The minimum absolute atomic E-state index is 0.0503. The summed E-state index contributed by atoms with van der Waals surface area (Å²) < 4.78 is 39.3. The van der Waals surface area contributed by atoms with Gasteiger partial charge in [0, 0.05) is 52.7 Å². The first-order chi connectivity index (χ1) is 14.9. The summed E-state index contributed by atoms with van der Waals surface area (Å²) in [6.45, 7) is 4.35. The highest BCUT2D eigenvalue weighted by molar-refractivity contribution is 7.89. The average Bonchev–Trinajstić information content (AvgIpc) is 2.79. The Morgan fingerprint density at radius 2 is 1.65 bits per heavy atom. The second-order valence-corrected chi connectivity index (χ2v) is 9.89. The summed E-state index contributed by atoms with van der Waals surface area (Å²) in [6.07, 6.45) is 1.76. The van der Waals surface area contributed by atoms with Gasteiger partial charge in [0.2, 0.25) is 15.9 Å². The minimum Gasteiger partial charge on any atom is -0.340 e. The highest BCUT2D eigenvalue weighted by Crippen LogP contribution is 2.16. The summed E-state index contributed by atoms with van der Waals surface area (Å²) in [5.74, 6) is -0.414. The summed E-state index contributed by atoms with van der Waals surface area (Å²) in [5, 5.41) is 0. The molecule has 0 N–H and O–H groups in total. The number of hydrogen-bond donors (Lipinski definition) is 0. The Labute approximate surface area is 184 Å². The largest absolute Gasteiger partial charge is 0.340 e. The van der Waals surface area contributed by atoms with Crippen molar-refractivity contribution in [3.63, 3.8) is 0 Å². The molecule has 3 rings (SSSR count). The molecule has 1 amide bonds. The van der Waals surface area contributed by atoms with Gasteiger partial charge >= 0.3 is 0 Å². The van der Waals surface area contributed by atoms with Gasteiger partial charge in [0.25, 0.3) is 0 Å². The minimum atomic E-state index is -3.68. The Morgan fingerprint density at radius 1 is 1.00 bits per heavy atom. The lowest BCUT2D eigenvalue weighted by molar-refractivity contribution is -0.133. The molecular formula is C23H30FN3O3S. The number of piperazine rings is 1. The van der Waals surface area contributed by atoms with E-state index < -0.39 is 15.8 Å². The topological polar surface area (TPSA) is 60.9 Å². The highest BCUT2D eigenvalue weighted by Gasteiger charge is 2.23. The third-order valence-corrected chi connectivity index (χ3v) is 7.54. The first-order valence-electron chi connectivity index (χ1n) is 10.6. The van der Waals surface area contributed by atoms with Crippen molar-refractivity contribution in [1.29, 1.82) is 0 Å². The highest BCUT2D eigenvalue weighted by atomic mass is 32.2. The Morgan fingerprint density at radius 3 is 2.29 bits per heavy atom. The van der Waals surface area contributed by atoms with Gasteiger partial charge in [0.1, 0.15) is 5.82 Å². The molecular weight excluding hydrogens is 417 g/mol. The number of nitrogens with zero attached hydrogens (tertiary/aromatic N) is 3. The van der Waals surface area contributed by atoms with Crippen LogP contribution in [-0.2, 0) is 21.2 Å². The molecule has 0 bridgehead atoms. The van der Waals surface area contributed by atoms with Crippen molar-refractivity contribution in [2.24, 2.45) is 0 Å². The molecule has 0 saturated carbocycles. The van der Waals surface area contributed by atoms with Gasteiger partial charge in [0.15, 0.2) is 0 Å². The van der Waals surface area contributed by atoms with Crippen LogP contribution >= 0.6 is 0 Å². The molecule has 0 unspecified atom stereocenters. The molecule has 0 atom stereocenters. The van der Waals surface area contributed by atoms with Crippen molar-refractivity contribution < 1.29 is 17.6 Å². The van der Waals surface area contributed by atoms with E-state index in [0.717, 1.165) is 38.2 Å². The van der Waals surface area contributed by atoms with E-state index in [2.05, 4.69) is 17.0 Å². The molecule has 6 nitrogen and oxygen atoms in total. The fraction of sp³-hybridized carbons (Fsp3) is 0.435. The number of carbonyl (C=O) groups is 1. The molecule has 0 aromatic heterocycles. The van der Waals surface area contributed by atoms with E-state index in [4.69, 9.17) is 0 Å². The van der Waals surface area contributed by atoms with Gasteiger partial charge in [-0.3, -0.25) is 9.69 Å². The van der Waals surface area contributed by atoms with Crippen LogP contribution in [0.25, 0.3) is 0 Å². The van der Waals surface area contributed by atoms with E-state index in [1.165, 1.54) is 29.0 Å². The predicted octanol–water partition coefficient (Wildman–Crippen LogP) is 2.61. The molecule has 31 heavy (non-hydrogen) atoms. The predicted molar refractivity (Wildman–Crippen MR) is 119 cm³/mol. The van der Waals surface area contributed by atoms with Crippen LogP contribution in [0.15, 0.2) is 59.5 Å². The molecule has 1 fully saturated rings. The molecule has 0 radical (unpaired) electrons. The smallest absolute Gasteiger partial charge is 0.242 e. The van der Waals surface area contributed by atoms with Crippen molar-refractivity contribution in [3.05, 3.63) is 66.0 Å². The number of halogens is 1. The zero-order chi connectivity index (χ0) is 22.3. The molecule has 8 heteroatoms. The third-order valence-electron chi connectivity index (χ3n) is 5.67. The van der Waals surface area contributed by atoms with Crippen LogP contribution in [0.2, 0.25) is 0 Å². The summed E-state index contributed by atoms with van der Waals surface area (Å²) in [6, 6.07) is 15.1. The Balaban J connectivity index is 1.37. The summed E-state index contributed by atoms with van der Waals surface area (Å²) in [4.78, 5) is 16.8. The lowest BCUT2D eigenvalue weighted by Gasteiger charge is -2.35. The fourth-order valence-electron chi connectivity index (χ4n) is 3.67. The van der Waals surface area contributed by atoms with E-state index in [0.29, 0.717) is 25.9 Å². The van der Waals surface area contributed by atoms with Gasteiger partial charge in [-0.25, -0.2) is 17.1 Å². The summed E-state index contributed by atoms with van der Waals surface area (Å²) in [5.41, 5.74) is 1.32. The standard InChI is InChI=1S/C23H30FN3O3S/c1-25(31(29,30)22-11-9-21(24)10-12-22)14-5-8-23(28)27-18-16-26(17-19-27)15-13-20-6-3-2-4-7-20/h2-4,6-7,9-12H,5,8,13-19H2,1H3. The maximum absolute atomic E-state index is 13.0. The third kappa shape index (κ3) is 6.59. The van der Waals surface area contributed by atoms with Crippen molar-refractivity contribution in [2.45, 2.75) is 24.2 Å². The second-order valence-electron chi connectivity index (χ2n) is 7.84. The Bertz CT molecular complexity index is 944. The maximum Gasteiger partial charge on any atom is 0.242 e. The molecule has 2 aromatic rings. The zero-order valence-electron chi connectivity index (χ0n) is 17.9. The summed E-state index contributed by atoms with van der Waals surface area (Å²) >= 11 is 0. The SMILES string of the molecule is CN(CCCC(=O)N1CCN(CCc2ccccc2)CC1)S(=O)(=O)c1ccc(F)cc1. The lowest BCUT2D eigenvalue weighted by atomic mass is 10.1. The van der Waals surface area contributed by atoms with Crippen LogP contribution in [0.1, 0.15) is 18.4 Å². The number of sulfonamides is 1. The van der Waals surface area contributed by atoms with Gasteiger partial charge < -0.3 is 4.90 Å². The van der Waals surface area contributed by atoms with Crippen LogP contribution in [0.4, 0.5) is 4.39 Å². The number of hydrogen-bond acceptors (Lipinski definition) is 4. The van der Waals surface area contributed by atoms with Crippen LogP contribution in [-0.4, -0.2) is 74.7 Å². The van der Waals surface area contributed by atoms with Gasteiger partial charge in [-0.2, -0.15) is 0 Å². The number of rotatable bonds is 9. The van der Waals surface area contributed by atoms with Crippen molar-refractivity contribution in [1.82, 2.24) is 14.1 Å². The molecule has 1 saturated heterocycles. The summed E-state index contributed by atoms with van der Waals surface area (Å²) in [7, 11) is -2.20. The monoisotopic (exact) mass is 447 g/mol. The van der Waals surface area contributed by atoms with Crippen LogP contribution < -0.4 is 0 Å². The molecule has 0 aliphatic carbocycles. The molecule has 2 aromatic carbocycles. The maximum atomic E-state index is 13.0. The van der Waals surface area contributed by atoms with Crippen LogP contribution in [0.3, 0.4) is 0 Å². The molecule has 1 aliphatic rings. The van der Waals surface area contributed by atoms with Crippen molar-refractivity contribution in [3.8, 4) is 0 Å². The van der Waals surface area contributed by atoms with Crippen molar-refractivity contribution >= 4 is 15.9 Å². The second kappa shape index (κ2) is 10.8. The van der Waals surface area contributed by atoms with E-state index in [9.17, 15) is 17.6 Å². The Kier molecular flexibility index (Phi) is 8.17. The van der Waals surface area contributed by atoms with E-state index in [1.54, 1.807) is 0 Å². The zero-order valence-corrected chi connectivity index (χ0v) is 18.7. The Hall–Kier alpha value is -2.29. The first kappa shape index (κ1) is 23.4. The molecule has 1 heterocycles. The van der Waals surface area contributed by atoms with Crippen LogP contribution in [0, 0.1) is 5.82 Å². The number of amides is 1. The van der Waals surface area contributed by atoms with E-state index in [1.807, 2.05) is 23.1 Å². The lowest BCUT2D eigenvalue weighted by Crippen LogP contribution is -2.49. The molecule has 1 aliphatic heterocycles. The first-order valence-corrected chi connectivity index (χ1v) is 12.1. The van der Waals surface area contributed by atoms with Crippen LogP contribution in [0.5, 0.6) is 0 Å². The molecule has 168 valence electrons. The average molecular weight is 448 g/mol. The van der Waals surface area contributed by atoms with Crippen molar-refractivity contribution in [2.75, 3.05) is 46.3 Å². The van der Waals surface area contributed by atoms with E-state index >= 15 is 0 Å². The number of carbonyl (C=O) groups excluding carboxylic acids is 1. The van der Waals surface area contributed by atoms with Gasteiger partial charge in [-0.15, -0.1) is 0 Å². The number of benzene rings is 2.